The first-order valence-electron chi connectivity index (χ1n) is 7.10. The van der Waals surface area contributed by atoms with E-state index < -0.39 is 0 Å². The van der Waals surface area contributed by atoms with E-state index in [1.165, 1.54) is 51.5 Å². The largest absolute Gasteiger partial charge is 0.378 e. The van der Waals surface area contributed by atoms with Crippen molar-refractivity contribution >= 4 is 0 Å². The highest BCUT2D eigenvalue weighted by Gasteiger charge is 2.27. The summed E-state index contributed by atoms with van der Waals surface area (Å²) in [6, 6.07) is 0. The maximum absolute atomic E-state index is 3.22. The lowest BCUT2D eigenvalue weighted by Gasteiger charge is -2.23. The van der Waals surface area contributed by atoms with Gasteiger partial charge < -0.3 is 10.2 Å². The molecule has 1 N–H and O–H groups in total. The Labute approximate surface area is 106 Å². The third kappa shape index (κ3) is 3.60. The molecule has 0 aromatic carbocycles. The monoisotopic (exact) mass is 234 g/mol. The molecule has 2 rings (SSSR count). The van der Waals surface area contributed by atoms with Crippen LogP contribution < -0.4 is 5.32 Å². The van der Waals surface area contributed by atoms with E-state index in [0.717, 1.165) is 6.54 Å². The molecule has 0 spiro atoms. The van der Waals surface area contributed by atoms with E-state index in [4.69, 9.17) is 0 Å². The minimum Gasteiger partial charge on any atom is -0.378 e. The fourth-order valence-corrected chi connectivity index (χ4v) is 2.70. The van der Waals surface area contributed by atoms with Crippen LogP contribution in [0.15, 0.2) is 22.9 Å². The van der Waals surface area contributed by atoms with E-state index in [1.807, 2.05) is 7.05 Å². The van der Waals surface area contributed by atoms with Crippen LogP contribution in [0.3, 0.4) is 0 Å². The zero-order valence-electron chi connectivity index (χ0n) is 11.4. The minimum absolute atomic E-state index is 1.14. The van der Waals surface area contributed by atoms with Crippen molar-refractivity contribution in [3.05, 3.63) is 22.9 Å². The molecule has 0 radical (unpaired) electrons. The third-order valence-corrected chi connectivity index (χ3v) is 3.87. The van der Waals surface area contributed by atoms with Crippen LogP contribution in [0.5, 0.6) is 0 Å². The van der Waals surface area contributed by atoms with E-state index >= 15 is 0 Å². The van der Waals surface area contributed by atoms with Crippen molar-refractivity contribution in [2.75, 3.05) is 27.2 Å². The fourth-order valence-electron chi connectivity index (χ4n) is 2.70. The number of fused-ring (bicyclic) bond motifs is 1. The molecular formula is C15H26N2. The Hall–Kier alpha value is -0.760. The summed E-state index contributed by atoms with van der Waals surface area (Å²) in [5.74, 6) is 0. The predicted octanol–water partition coefficient (Wildman–Crippen LogP) is 3.08. The highest BCUT2D eigenvalue weighted by Crippen LogP contribution is 2.43. The summed E-state index contributed by atoms with van der Waals surface area (Å²) in [6.45, 7) is 2.36. The molecule has 96 valence electrons. The molecular weight excluding hydrogens is 208 g/mol. The summed E-state index contributed by atoms with van der Waals surface area (Å²) in [4.78, 5) is 2.51. The van der Waals surface area contributed by atoms with Crippen LogP contribution in [0.25, 0.3) is 0 Å². The van der Waals surface area contributed by atoms with Gasteiger partial charge in [-0.15, -0.1) is 0 Å². The average molecular weight is 234 g/mol. The standard InChI is InChI=1S/C15H26N2/c1-16-10-6-7-11-17(2)15-9-5-3-4-8-13-12-14(13)15/h8,16H,3-7,9-12H2,1-2H3/b13-8-,15-14+. The normalized spacial score (nSPS) is 26.6. The fraction of sp³-hybridized carbons (Fsp3) is 0.733. The van der Waals surface area contributed by atoms with Crippen molar-refractivity contribution in [1.82, 2.24) is 10.2 Å². The van der Waals surface area contributed by atoms with Gasteiger partial charge in [0.25, 0.3) is 0 Å². The van der Waals surface area contributed by atoms with Gasteiger partial charge in [0, 0.05) is 19.3 Å². The van der Waals surface area contributed by atoms with Crippen molar-refractivity contribution in [2.45, 2.75) is 44.9 Å². The van der Waals surface area contributed by atoms with Gasteiger partial charge in [0.15, 0.2) is 0 Å². The molecule has 0 aromatic heterocycles. The molecule has 2 aliphatic carbocycles. The molecule has 1 fully saturated rings. The lowest BCUT2D eigenvalue weighted by molar-refractivity contribution is 0.381. The Morgan fingerprint density at radius 3 is 3.00 bits per heavy atom. The van der Waals surface area contributed by atoms with E-state index in [-0.39, 0.29) is 0 Å². The molecule has 0 aliphatic heterocycles. The van der Waals surface area contributed by atoms with E-state index in [1.54, 1.807) is 16.8 Å². The van der Waals surface area contributed by atoms with Crippen molar-refractivity contribution < 1.29 is 0 Å². The van der Waals surface area contributed by atoms with E-state index in [2.05, 4.69) is 23.3 Å². The van der Waals surface area contributed by atoms with Gasteiger partial charge in [-0.1, -0.05) is 6.08 Å². The molecule has 1 saturated carbocycles. The molecule has 17 heavy (non-hydrogen) atoms. The number of nitrogens with zero attached hydrogens (tertiary/aromatic N) is 1. The van der Waals surface area contributed by atoms with E-state index in [0.29, 0.717) is 0 Å². The Morgan fingerprint density at radius 1 is 1.29 bits per heavy atom. The van der Waals surface area contributed by atoms with Gasteiger partial charge in [-0.25, -0.2) is 0 Å². The van der Waals surface area contributed by atoms with Gasteiger partial charge in [-0.2, -0.15) is 0 Å². The summed E-state index contributed by atoms with van der Waals surface area (Å²) in [5.41, 5.74) is 4.95. The SMILES string of the molecule is CNCCCCN(C)/C1=C2\C\C2=C\CCCC1. The predicted molar refractivity (Wildman–Crippen MR) is 74.0 cm³/mol. The highest BCUT2D eigenvalue weighted by atomic mass is 15.1. The van der Waals surface area contributed by atoms with Crippen LogP contribution in [-0.4, -0.2) is 32.1 Å². The Morgan fingerprint density at radius 2 is 2.18 bits per heavy atom. The minimum atomic E-state index is 1.14. The second-order valence-electron chi connectivity index (χ2n) is 5.31. The molecule has 0 aromatic rings. The molecule has 0 atom stereocenters. The van der Waals surface area contributed by atoms with E-state index in [9.17, 15) is 0 Å². The number of allylic oxidation sites excluding steroid dienone is 4. The van der Waals surface area contributed by atoms with Crippen LogP contribution in [0.2, 0.25) is 0 Å². The molecule has 0 saturated heterocycles. The smallest absolute Gasteiger partial charge is 0.0172 e. The van der Waals surface area contributed by atoms with Gasteiger partial charge in [0.05, 0.1) is 0 Å². The van der Waals surface area contributed by atoms with Crippen LogP contribution in [0.1, 0.15) is 44.9 Å². The van der Waals surface area contributed by atoms with Gasteiger partial charge in [-0.3, -0.25) is 0 Å². The third-order valence-electron chi connectivity index (χ3n) is 3.87. The molecule has 0 bridgehead atoms. The lowest BCUT2D eigenvalue weighted by atomic mass is 10.1. The highest BCUT2D eigenvalue weighted by molar-refractivity contribution is 5.53. The Kier molecular flexibility index (Phi) is 4.66. The summed E-state index contributed by atoms with van der Waals surface area (Å²) in [5, 5.41) is 3.22. The zero-order chi connectivity index (χ0) is 12.1. The Balaban J connectivity index is 1.85. The average Bonchev–Trinajstić information content (AvgIpc) is 3.03. The van der Waals surface area contributed by atoms with Crippen LogP contribution in [-0.2, 0) is 0 Å². The molecule has 2 nitrogen and oxygen atoms in total. The number of unbranched alkanes of at least 4 members (excludes halogenated alkanes) is 1. The second-order valence-corrected chi connectivity index (χ2v) is 5.31. The summed E-state index contributed by atoms with van der Waals surface area (Å²) < 4.78 is 0. The molecule has 0 heterocycles. The number of hydrogen-bond donors (Lipinski definition) is 1. The topological polar surface area (TPSA) is 15.3 Å². The maximum Gasteiger partial charge on any atom is 0.0172 e. The first-order chi connectivity index (χ1) is 8.33. The number of rotatable bonds is 6. The molecule has 0 unspecified atom stereocenters. The molecule has 2 aliphatic rings. The van der Waals surface area contributed by atoms with Gasteiger partial charge in [-0.05, 0) is 69.7 Å². The maximum atomic E-state index is 3.22. The molecule has 2 heteroatoms. The van der Waals surface area contributed by atoms with Crippen LogP contribution >= 0.6 is 0 Å². The van der Waals surface area contributed by atoms with Crippen molar-refractivity contribution in [3.8, 4) is 0 Å². The molecule has 0 amide bonds. The Bertz CT molecular complexity index is 315. The summed E-state index contributed by atoms with van der Waals surface area (Å²) in [6.07, 6.45) is 11.7. The quantitative estimate of drug-likeness (QED) is 0.711. The first kappa shape index (κ1) is 12.7. The van der Waals surface area contributed by atoms with Crippen molar-refractivity contribution in [2.24, 2.45) is 0 Å². The first-order valence-corrected chi connectivity index (χ1v) is 7.10. The summed E-state index contributed by atoms with van der Waals surface area (Å²) >= 11 is 0. The van der Waals surface area contributed by atoms with Gasteiger partial charge in [0.1, 0.15) is 0 Å². The van der Waals surface area contributed by atoms with Crippen molar-refractivity contribution in [3.63, 3.8) is 0 Å². The van der Waals surface area contributed by atoms with Crippen LogP contribution in [0, 0.1) is 0 Å². The van der Waals surface area contributed by atoms with Gasteiger partial charge in [0.2, 0.25) is 0 Å². The number of nitrogens with one attached hydrogen (secondary N) is 1. The second kappa shape index (κ2) is 6.25. The van der Waals surface area contributed by atoms with Gasteiger partial charge >= 0.3 is 0 Å². The lowest BCUT2D eigenvalue weighted by Crippen LogP contribution is -2.20. The summed E-state index contributed by atoms with van der Waals surface area (Å²) in [7, 11) is 4.31. The van der Waals surface area contributed by atoms with Crippen molar-refractivity contribution in [1.29, 1.82) is 0 Å². The number of hydrogen-bond acceptors (Lipinski definition) is 2. The van der Waals surface area contributed by atoms with Crippen LogP contribution in [0.4, 0.5) is 0 Å². The zero-order valence-corrected chi connectivity index (χ0v) is 11.4.